The highest BCUT2D eigenvalue weighted by Gasteiger charge is 2.38. The molecule has 2 fully saturated rings. The summed E-state index contributed by atoms with van der Waals surface area (Å²) in [4.78, 5) is 12.1. The Morgan fingerprint density at radius 1 is 1.23 bits per heavy atom. The first-order chi connectivity index (χ1) is 14.8. The molecule has 4 rings (SSSR count). The zero-order valence-corrected chi connectivity index (χ0v) is 17.3. The molecule has 2 atom stereocenters. The van der Waals surface area contributed by atoms with Gasteiger partial charge in [0.05, 0.1) is 25.4 Å². The molecule has 1 saturated carbocycles. The fourth-order valence-corrected chi connectivity index (χ4v) is 3.58. The van der Waals surface area contributed by atoms with Crippen molar-refractivity contribution in [1.29, 1.82) is 0 Å². The van der Waals surface area contributed by atoms with Crippen molar-refractivity contribution >= 4 is 5.95 Å². The Morgan fingerprint density at radius 2 is 2.03 bits per heavy atom. The number of anilines is 1. The molecule has 0 amide bonds. The van der Waals surface area contributed by atoms with Gasteiger partial charge < -0.3 is 19.5 Å². The number of alkyl halides is 3. The van der Waals surface area contributed by atoms with E-state index >= 15 is 0 Å². The van der Waals surface area contributed by atoms with Crippen molar-refractivity contribution in [3.63, 3.8) is 0 Å². The quantitative estimate of drug-likeness (QED) is 0.698. The minimum atomic E-state index is -4.60. The summed E-state index contributed by atoms with van der Waals surface area (Å²) in [7, 11) is 0. The second-order valence-electron chi connectivity index (χ2n) is 8.02. The predicted octanol–water partition coefficient (Wildman–Crippen LogP) is 3.25. The molecular formula is C19H25F3N6O3. The first kappa shape index (κ1) is 21.6. The van der Waals surface area contributed by atoms with E-state index in [4.69, 9.17) is 14.2 Å². The van der Waals surface area contributed by atoms with Gasteiger partial charge in [-0.1, -0.05) is 0 Å². The molecule has 2 aromatic rings. The third kappa shape index (κ3) is 5.35. The number of ether oxygens (including phenoxy) is 3. The van der Waals surface area contributed by atoms with Crippen LogP contribution >= 0.6 is 0 Å². The Balaban J connectivity index is 1.44. The minimum Gasteiger partial charge on any atom is -0.469 e. The summed E-state index contributed by atoms with van der Waals surface area (Å²) in [5, 5.41) is 7.54. The van der Waals surface area contributed by atoms with E-state index in [1.807, 2.05) is 13.8 Å². The van der Waals surface area contributed by atoms with Crippen LogP contribution in [-0.2, 0) is 10.9 Å². The SMILES string of the molecule is CC(C)Oc1ncn([C@@H]2CCC[C@@H](Nc3ncc(C(F)(F)F)c(OC4COC4)n3)C2)n1. The first-order valence-electron chi connectivity index (χ1n) is 10.3. The molecule has 0 spiro atoms. The second-order valence-corrected chi connectivity index (χ2v) is 8.02. The van der Waals surface area contributed by atoms with Crippen molar-refractivity contribution < 1.29 is 27.4 Å². The van der Waals surface area contributed by atoms with Crippen LogP contribution in [0.25, 0.3) is 0 Å². The maximum Gasteiger partial charge on any atom is 0.423 e. The Kier molecular flexibility index (Phi) is 6.17. The zero-order valence-electron chi connectivity index (χ0n) is 17.3. The molecule has 1 aliphatic heterocycles. The maximum atomic E-state index is 13.3. The lowest BCUT2D eigenvalue weighted by atomic mass is 9.91. The number of nitrogens with zero attached hydrogens (tertiary/aromatic N) is 5. The molecule has 9 nitrogen and oxygen atoms in total. The molecule has 31 heavy (non-hydrogen) atoms. The van der Waals surface area contributed by atoms with Crippen molar-refractivity contribution in [2.24, 2.45) is 0 Å². The zero-order chi connectivity index (χ0) is 22.0. The normalized spacial score (nSPS) is 22.3. The van der Waals surface area contributed by atoms with Crippen LogP contribution in [0.1, 0.15) is 51.1 Å². The third-order valence-electron chi connectivity index (χ3n) is 5.13. The van der Waals surface area contributed by atoms with Gasteiger partial charge in [-0.15, -0.1) is 5.10 Å². The first-order valence-corrected chi connectivity index (χ1v) is 10.3. The Morgan fingerprint density at radius 3 is 2.71 bits per heavy atom. The van der Waals surface area contributed by atoms with E-state index in [1.54, 1.807) is 11.0 Å². The van der Waals surface area contributed by atoms with E-state index < -0.39 is 23.7 Å². The van der Waals surface area contributed by atoms with Crippen LogP contribution in [-0.4, -0.2) is 56.2 Å². The number of hydrogen-bond acceptors (Lipinski definition) is 8. The summed E-state index contributed by atoms with van der Waals surface area (Å²) in [6.07, 6.45) is 0.757. The lowest BCUT2D eigenvalue weighted by Crippen LogP contribution is -2.39. The molecule has 3 heterocycles. The summed E-state index contributed by atoms with van der Waals surface area (Å²) in [6, 6.07) is 0.410. The lowest BCUT2D eigenvalue weighted by Gasteiger charge is -2.30. The highest BCUT2D eigenvalue weighted by molar-refractivity contribution is 5.36. The molecule has 0 unspecified atom stereocenters. The van der Waals surface area contributed by atoms with Gasteiger partial charge in [0.2, 0.25) is 11.8 Å². The molecule has 1 aliphatic carbocycles. The van der Waals surface area contributed by atoms with Crippen molar-refractivity contribution in [1.82, 2.24) is 24.7 Å². The molecule has 2 aliphatic rings. The third-order valence-corrected chi connectivity index (χ3v) is 5.13. The topological polar surface area (TPSA) is 96.2 Å². The molecule has 0 aromatic carbocycles. The van der Waals surface area contributed by atoms with Gasteiger partial charge in [-0.3, -0.25) is 0 Å². The molecule has 12 heteroatoms. The van der Waals surface area contributed by atoms with Crippen LogP contribution in [0.15, 0.2) is 12.5 Å². The second kappa shape index (κ2) is 8.85. The lowest BCUT2D eigenvalue weighted by molar-refractivity contribution is -0.142. The Bertz CT molecular complexity index is 887. The fourth-order valence-electron chi connectivity index (χ4n) is 3.58. The van der Waals surface area contributed by atoms with Crippen LogP contribution in [0, 0.1) is 0 Å². The van der Waals surface area contributed by atoms with E-state index in [0.29, 0.717) is 12.4 Å². The van der Waals surface area contributed by atoms with Gasteiger partial charge in [0.15, 0.2) is 0 Å². The van der Waals surface area contributed by atoms with E-state index in [2.05, 4.69) is 25.4 Å². The van der Waals surface area contributed by atoms with E-state index in [-0.39, 0.29) is 37.3 Å². The van der Waals surface area contributed by atoms with E-state index in [9.17, 15) is 13.2 Å². The fraction of sp³-hybridized carbons (Fsp3) is 0.684. The van der Waals surface area contributed by atoms with Gasteiger partial charge in [-0.25, -0.2) is 9.67 Å². The number of hydrogen-bond donors (Lipinski definition) is 1. The van der Waals surface area contributed by atoms with E-state index in [1.165, 1.54) is 0 Å². The van der Waals surface area contributed by atoms with Gasteiger partial charge in [0.1, 0.15) is 18.0 Å². The average Bonchev–Trinajstić information content (AvgIpc) is 3.12. The highest BCUT2D eigenvalue weighted by atomic mass is 19.4. The average molecular weight is 442 g/mol. The number of halogens is 3. The summed E-state index contributed by atoms with van der Waals surface area (Å²) in [5.74, 6) is -0.367. The summed E-state index contributed by atoms with van der Waals surface area (Å²) < 4.78 is 57.5. The monoisotopic (exact) mass is 442 g/mol. The molecule has 1 N–H and O–H groups in total. The molecule has 0 bridgehead atoms. The van der Waals surface area contributed by atoms with Crippen LogP contribution < -0.4 is 14.8 Å². The summed E-state index contributed by atoms with van der Waals surface area (Å²) in [5.41, 5.74) is -0.994. The largest absolute Gasteiger partial charge is 0.469 e. The van der Waals surface area contributed by atoms with Gasteiger partial charge >= 0.3 is 12.2 Å². The van der Waals surface area contributed by atoms with Crippen LogP contribution in [0.2, 0.25) is 0 Å². The van der Waals surface area contributed by atoms with Crippen LogP contribution in [0.3, 0.4) is 0 Å². The molecule has 0 radical (unpaired) electrons. The number of rotatable bonds is 7. The number of aromatic nitrogens is 5. The van der Waals surface area contributed by atoms with Crippen molar-refractivity contribution in [2.75, 3.05) is 18.5 Å². The van der Waals surface area contributed by atoms with Crippen LogP contribution in [0.5, 0.6) is 11.9 Å². The van der Waals surface area contributed by atoms with Crippen molar-refractivity contribution in [2.45, 2.75) is 70.0 Å². The molecule has 1 saturated heterocycles. The van der Waals surface area contributed by atoms with Gasteiger partial charge in [0, 0.05) is 12.2 Å². The Hall–Kier alpha value is -2.63. The summed E-state index contributed by atoms with van der Waals surface area (Å²) in [6.45, 7) is 4.30. The minimum absolute atomic E-state index is 0.0173. The van der Waals surface area contributed by atoms with Gasteiger partial charge in [0.25, 0.3) is 0 Å². The standard InChI is InChI=1S/C19H25F3N6O3/c1-11(2)30-18-24-10-28(27-18)13-5-3-4-12(6-13)25-17-23-7-15(19(20,21)22)16(26-17)31-14-8-29-9-14/h7,10-14H,3-6,8-9H2,1-2H3,(H,23,25,26)/t12-,13-/m1/s1. The molecular weight excluding hydrogens is 417 g/mol. The Labute approximate surface area is 177 Å². The molecule has 170 valence electrons. The van der Waals surface area contributed by atoms with Crippen molar-refractivity contribution in [3.8, 4) is 11.9 Å². The summed E-state index contributed by atoms with van der Waals surface area (Å²) >= 11 is 0. The number of nitrogens with one attached hydrogen (secondary N) is 1. The smallest absolute Gasteiger partial charge is 0.423 e. The highest BCUT2D eigenvalue weighted by Crippen LogP contribution is 2.36. The predicted molar refractivity (Wildman–Crippen MR) is 103 cm³/mol. The van der Waals surface area contributed by atoms with Gasteiger partial charge in [-0.2, -0.15) is 23.1 Å². The van der Waals surface area contributed by atoms with Crippen LogP contribution in [0.4, 0.5) is 19.1 Å². The maximum absolute atomic E-state index is 13.3. The molecule has 2 aromatic heterocycles. The van der Waals surface area contributed by atoms with Gasteiger partial charge in [-0.05, 0) is 39.5 Å². The van der Waals surface area contributed by atoms with Crippen molar-refractivity contribution in [3.05, 3.63) is 18.1 Å². The van der Waals surface area contributed by atoms with E-state index in [0.717, 1.165) is 25.5 Å².